The van der Waals surface area contributed by atoms with Gasteiger partial charge in [-0.05, 0) is 37.6 Å². The molecule has 11 heteroatoms. The molecular formula is C27H28N4O5S2. The number of thioether (sulfide) groups is 1. The van der Waals surface area contributed by atoms with Gasteiger partial charge in [0.1, 0.15) is 10.6 Å². The van der Waals surface area contributed by atoms with Crippen LogP contribution in [0.5, 0.6) is 11.5 Å². The molecule has 0 aliphatic carbocycles. The van der Waals surface area contributed by atoms with E-state index in [1.807, 2.05) is 65.4 Å². The van der Waals surface area contributed by atoms with Gasteiger partial charge in [-0.2, -0.15) is 0 Å². The Morgan fingerprint density at radius 3 is 2.45 bits per heavy atom. The quantitative estimate of drug-likeness (QED) is 0.189. The maximum atomic E-state index is 12.9. The van der Waals surface area contributed by atoms with Gasteiger partial charge in [0.2, 0.25) is 5.91 Å². The number of methoxy groups -OCH3 is 2. The summed E-state index contributed by atoms with van der Waals surface area (Å²) in [6.45, 7) is 4.59. The van der Waals surface area contributed by atoms with Gasteiger partial charge in [-0.25, -0.2) is 4.79 Å². The zero-order valence-corrected chi connectivity index (χ0v) is 23.1. The van der Waals surface area contributed by atoms with Crippen molar-refractivity contribution in [1.82, 2.24) is 14.8 Å². The summed E-state index contributed by atoms with van der Waals surface area (Å²) in [6.07, 6.45) is 0. The molecule has 1 N–H and O–H groups in total. The summed E-state index contributed by atoms with van der Waals surface area (Å²) in [5.41, 5.74) is 2.77. The Hall–Kier alpha value is -3.83. The van der Waals surface area contributed by atoms with Crippen LogP contribution in [0.2, 0.25) is 0 Å². The second-order valence-corrected chi connectivity index (χ2v) is 9.72. The van der Waals surface area contributed by atoms with E-state index in [4.69, 9.17) is 14.2 Å². The average Bonchev–Trinajstić information content (AvgIpc) is 3.56. The number of benzene rings is 2. The Labute approximate surface area is 229 Å². The van der Waals surface area contributed by atoms with Crippen LogP contribution in [-0.2, 0) is 16.1 Å². The molecule has 0 spiro atoms. The number of ether oxygens (including phenoxy) is 3. The highest BCUT2D eigenvalue weighted by atomic mass is 32.2. The van der Waals surface area contributed by atoms with Gasteiger partial charge >= 0.3 is 5.97 Å². The Bertz CT molecular complexity index is 1420. The Morgan fingerprint density at radius 1 is 1.00 bits per heavy atom. The summed E-state index contributed by atoms with van der Waals surface area (Å²) in [5.74, 6) is 1.22. The zero-order valence-electron chi connectivity index (χ0n) is 21.5. The van der Waals surface area contributed by atoms with Crippen molar-refractivity contribution in [3.05, 3.63) is 59.5 Å². The number of aromatic nitrogens is 3. The first-order chi connectivity index (χ1) is 18.5. The molecule has 0 aliphatic heterocycles. The van der Waals surface area contributed by atoms with Crippen LogP contribution in [0.4, 0.5) is 5.00 Å². The molecule has 0 bridgehead atoms. The lowest BCUT2D eigenvalue weighted by atomic mass is 10.0. The lowest BCUT2D eigenvalue weighted by molar-refractivity contribution is -0.113. The van der Waals surface area contributed by atoms with Crippen LogP contribution in [0.15, 0.2) is 59.1 Å². The van der Waals surface area contributed by atoms with E-state index in [9.17, 15) is 9.59 Å². The molecule has 0 saturated carbocycles. The summed E-state index contributed by atoms with van der Waals surface area (Å²) in [7, 11) is 3.16. The van der Waals surface area contributed by atoms with Crippen LogP contribution >= 0.6 is 23.1 Å². The maximum absolute atomic E-state index is 12.9. The smallest absolute Gasteiger partial charge is 0.341 e. The number of amides is 1. The molecule has 0 saturated heterocycles. The van der Waals surface area contributed by atoms with Crippen molar-refractivity contribution in [3.8, 4) is 34.0 Å². The molecule has 38 heavy (non-hydrogen) atoms. The molecule has 0 atom stereocenters. The lowest BCUT2D eigenvalue weighted by Crippen LogP contribution is -2.16. The third kappa shape index (κ3) is 5.84. The van der Waals surface area contributed by atoms with Crippen molar-refractivity contribution in [2.24, 2.45) is 0 Å². The summed E-state index contributed by atoms with van der Waals surface area (Å²) < 4.78 is 17.9. The number of thiophene rings is 1. The number of rotatable bonds is 11. The van der Waals surface area contributed by atoms with E-state index < -0.39 is 5.97 Å². The van der Waals surface area contributed by atoms with Gasteiger partial charge in [-0.1, -0.05) is 42.1 Å². The van der Waals surface area contributed by atoms with Gasteiger partial charge < -0.3 is 24.1 Å². The van der Waals surface area contributed by atoms with Gasteiger partial charge in [0.15, 0.2) is 22.5 Å². The highest BCUT2D eigenvalue weighted by Gasteiger charge is 2.23. The third-order valence-corrected chi connectivity index (χ3v) is 7.48. The molecule has 0 radical (unpaired) electrons. The predicted octanol–water partition coefficient (Wildman–Crippen LogP) is 5.62. The number of carbonyl (C=O) groups excluding carboxylic acids is 2. The Morgan fingerprint density at radius 2 is 1.76 bits per heavy atom. The van der Waals surface area contributed by atoms with Gasteiger partial charge in [-0.15, -0.1) is 21.5 Å². The molecular weight excluding hydrogens is 524 g/mol. The topological polar surface area (TPSA) is 105 Å². The highest BCUT2D eigenvalue weighted by Crippen LogP contribution is 2.37. The summed E-state index contributed by atoms with van der Waals surface area (Å²) >= 11 is 2.56. The molecule has 1 amide bonds. The van der Waals surface area contributed by atoms with Crippen LogP contribution < -0.4 is 14.8 Å². The average molecular weight is 553 g/mol. The number of nitrogens with one attached hydrogen (secondary N) is 1. The molecule has 2 heterocycles. The second-order valence-electron chi connectivity index (χ2n) is 7.90. The molecule has 9 nitrogen and oxygen atoms in total. The van der Waals surface area contributed by atoms with E-state index >= 15 is 0 Å². The first-order valence-electron chi connectivity index (χ1n) is 11.9. The second kappa shape index (κ2) is 12.6. The molecule has 0 fully saturated rings. The first kappa shape index (κ1) is 27.2. The van der Waals surface area contributed by atoms with E-state index in [0.29, 0.717) is 39.6 Å². The number of anilines is 1. The summed E-state index contributed by atoms with van der Waals surface area (Å²) in [6, 6.07) is 15.1. The van der Waals surface area contributed by atoms with Gasteiger partial charge in [0.05, 0.1) is 26.6 Å². The largest absolute Gasteiger partial charge is 0.493 e. The van der Waals surface area contributed by atoms with Crippen molar-refractivity contribution in [3.63, 3.8) is 0 Å². The minimum atomic E-state index is -0.471. The lowest BCUT2D eigenvalue weighted by Gasteiger charge is -2.11. The van der Waals surface area contributed by atoms with Crippen molar-refractivity contribution in [2.75, 3.05) is 31.9 Å². The molecule has 4 rings (SSSR count). The fraction of sp³-hybridized carbons (Fsp3) is 0.259. The standard InChI is InChI=1S/C27H28N4O5S2/c1-5-31-24(18-12-13-20(34-3)21(14-18)35-4)29-30-27(31)38-16-22(32)28-25-23(26(33)36-6-2)19(15-37-25)17-10-8-7-9-11-17/h7-15H,5-6,16H2,1-4H3,(H,28,32). The van der Waals surface area contributed by atoms with Gasteiger partial charge in [0, 0.05) is 23.1 Å². The molecule has 4 aromatic rings. The van der Waals surface area contributed by atoms with E-state index in [1.54, 1.807) is 21.1 Å². The fourth-order valence-electron chi connectivity index (χ4n) is 3.85. The Balaban J connectivity index is 1.51. The number of hydrogen-bond donors (Lipinski definition) is 1. The number of nitrogens with zero attached hydrogens (tertiary/aromatic N) is 3. The number of carbonyl (C=O) groups is 2. The van der Waals surface area contributed by atoms with Crippen molar-refractivity contribution in [1.29, 1.82) is 0 Å². The van der Waals surface area contributed by atoms with Gasteiger partial charge in [-0.3, -0.25) is 4.79 Å². The van der Waals surface area contributed by atoms with Crippen LogP contribution in [0, 0.1) is 0 Å². The predicted molar refractivity (Wildman–Crippen MR) is 149 cm³/mol. The minimum absolute atomic E-state index is 0.0882. The summed E-state index contributed by atoms with van der Waals surface area (Å²) in [4.78, 5) is 25.7. The van der Waals surface area contributed by atoms with E-state index in [1.165, 1.54) is 23.1 Å². The highest BCUT2D eigenvalue weighted by molar-refractivity contribution is 7.99. The normalized spacial score (nSPS) is 10.7. The van der Waals surface area contributed by atoms with Crippen molar-refractivity contribution in [2.45, 2.75) is 25.5 Å². The maximum Gasteiger partial charge on any atom is 0.341 e. The molecule has 2 aromatic heterocycles. The molecule has 2 aromatic carbocycles. The van der Waals surface area contributed by atoms with Crippen LogP contribution in [0.1, 0.15) is 24.2 Å². The molecule has 0 aliphatic rings. The Kier molecular flexibility index (Phi) is 9.03. The van der Waals surface area contributed by atoms with Crippen LogP contribution in [-0.4, -0.2) is 53.2 Å². The van der Waals surface area contributed by atoms with E-state index in [-0.39, 0.29) is 18.3 Å². The van der Waals surface area contributed by atoms with Crippen LogP contribution in [0.3, 0.4) is 0 Å². The van der Waals surface area contributed by atoms with Crippen molar-refractivity contribution >= 4 is 40.0 Å². The van der Waals surface area contributed by atoms with Crippen molar-refractivity contribution < 1.29 is 23.8 Å². The van der Waals surface area contributed by atoms with E-state index in [2.05, 4.69) is 15.5 Å². The molecule has 198 valence electrons. The van der Waals surface area contributed by atoms with E-state index in [0.717, 1.165) is 16.7 Å². The minimum Gasteiger partial charge on any atom is -0.493 e. The molecule has 0 unspecified atom stereocenters. The van der Waals surface area contributed by atoms with Crippen LogP contribution in [0.25, 0.3) is 22.5 Å². The monoisotopic (exact) mass is 552 g/mol. The van der Waals surface area contributed by atoms with Gasteiger partial charge in [0.25, 0.3) is 0 Å². The summed E-state index contributed by atoms with van der Waals surface area (Å²) in [5, 5.41) is 14.5. The SMILES string of the molecule is CCOC(=O)c1c(-c2ccccc2)csc1NC(=O)CSc1nnc(-c2ccc(OC)c(OC)c2)n1CC. The third-order valence-electron chi connectivity index (χ3n) is 5.62. The first-order valence-corrected chi connectivity index (χ1v) is 13.8. The fourth-order valence-corrected chi connectivity index (χ4v) is 5.62. The zero-order chi connectivity index (χ0) is 27.1. The number of esters is 1. The number of hydrogen-bond acceptors (Lipinski definition) is 9.